The molecule has 0 spiro atoms. The topological polar surface area (TPSA) is 117 Å². The van der Waals surface area contributed by atoms with Gasteiger partial charge in [-0.25, -0.2) is 8.42 Å². The minimum Gasteiger partial charge on any atom is -0.326 e. The van der Waals surface area contributed by atoms with E-state index in [-0.39, 0.29) is 33.8 Å². The molecule has 0 radical (unpaired) electrons. The van der Waals surface area contributed by atoms with Crippen molar-refractivity contribution in [1.29, 1.82) is 0 Å². The van der Waals surface area contributed by atoms with E-state index < -0.39 is 15.1 Å². The molecule has 0 aliphatic carbocycles. The summed E-state index contributed by atoms with van der Waals surface area (Å²) in [7, 11) is -4.20. The van der Waals surface area contributed by atoms with Crippen molar-refractivity contribution in [2.24, 2.45) is 5.73 Å². The van der Waals surface area contributed by atoms with E-state index in [2.05, 4.69) is 4.83 Å². The molecule has 0 saturated heterocycles. The standard InChI is InChI=1S/C7H8N3O4S.Ag/c8-5-6-1-3-7(4-2-6)15(13,14)9-10(11)12;/h1-4H,5,8H2;/q-1;+1. The Morgan fingerprint density at radius 2 is 1.81 bits per heavy atom. The molecule has 0 fully saturated rings. The van der Waals surface area contributed by atoms with E-state index in [1.165, 1.54) is 24.3 Å². The van der Waals surface area contributed by atoms with Gasteiger partial charge in [-0.05, 0) is 22.7 Å². The molecule has 0 atom stereocenters. The number of hydrogen-bond donors (Lipinski definition) is 1. The van der Waals surface area contributed by atoms with Crippen molar-refractivity contribution in [3.8, 4) is 0 Å². The third kappa shape index (κ3) is 3.91. The van der Waals surface area contributed by atoms with Gasteiger partial charge in [-0.1, -0.05) is 12.1 Å². The minimum absolute atomic E-state index is 0. The second-order valence-electron chi connectivity index (χ2n) is 2.64. The fourth-order valence-corrected chi connectivity index (χ4v) is 1.68. The fourth-order valence-electron chi connectivity index (χ4n) is 0.932. The number of sulfonamides is 1. The SMILES string of the molecule is NCc1ccc(S(=O)(=O)[N-][N+](=O)[O-])cc1.[Ag+]. The third-order valence-electron chi connectivity index (χ3n) is 1.63. The van der Waals surface area contributed by atoms with Gasteiger partial charge in [-0.3, -0.25) is 14.9 Å². The van der Waals surface area contributed by atoms with Crippen molar-refractivity contribution in [2.75, 3.05) is 0 Å². The Labute approximate surface area is 108 Å². The molecule has 2 N–H and O–H groups in total. The molecule has 9 heteroatoms. The Morgan fingerprint density at radius 3 is 2.19 bits per heavy atom. The molecular formula is C7H8AgN3O4S. The molecule has 16 heavy (non-hydrogen) atoms. The van der Waals surface area contributed by atoms with Crippen LogP contribution in [0, 0.1) is 10.1 Å². The van der Waals surface area contributed by atoms with Crippen molar-refractivity contribution in [3.63, 3.8) is 0 Å². The van der Waals surface area contributed by atoms with Crippen molar-refractivity contribution in [2.45, 2.75) is 11.4 Å². The molecule has 0 aromatic heterocycles. The van der Waals surface area contributed by atoms with Crippen molar-refractivity contribution >= 4 is 10.0 Å². The summed E-state index contributed by atoms with van der Waals surface area (Å²) in [6, 6.07) is 5.40. The largest absolute Gasteiger partial charge is 1.00 e. The number of nitrogens with two attached hydrogens (primary N) is 1. The van der Waals surface area contributed by atoms with Crippen molar-refractivity contribution < 1.29 is 35.8 Å². The maximum atomic E-state index is 11.2. The first-order chi connectivity index (χ1) is 6.95. The van der Waals surface area contributed by atoms with E-state index in [0.29, 0.717) is 0 Å². The van der Waals surface area contributed by atoms with Gasteiger partial charge >= 0.3 is 22.4 Å². The van der Waals surface area contributed by atoms with Gasteiger partial charge in [0.1, 0.15) is 0 Å². The molecular weight excluding hydrogens is 330 g/mol. The van der Waals surface area contributed by atoms with Crippen molar-refractivity contribution in [3.05, 3.63) is 44.8 Å². The molecule has 0 saturated carbocycles. The minimum atomic E-state index is -4.20. The van der Waals surface area contributed by atoms with Crippen LogP contribution in [0.4, 0.5) is 0 Å². The Hall–Kier alpha value is -0.930. The second-order valence-corrected chi connectivity index (χ2v) is 4.23. The van der Waals surface area contributed by atoms with Crippen LogP contribution in [-0.2, 0) is 38.9 Å². The Bertz CT molecular complexity index is 459. The van der Waals surface area contributed by atoms with E-state index in [1.807, 2.05) is 0 Å². The Morgan fingerprint density at radius 1 is 1.31 bits per heavy atom. The van der Waals surface area contributed by atoms with E-state index in [1.54, 1.807) is 0 Å². The maximum Gasteiger partial charge on any atom is 1.00 e. The molecule has 92 valence electrons. The molecule has 0 amide bonds. The van der Waals surface area contributed by atoms with Crippen LogP contribution in [0.15, 0.2) is 29.2 Å². The van der Waals surface area contributed by atoms with Gasteiger partial charge in [-0.2, -0.15) is 0 Å². The van der Waals surface area contributed by atoms with Gasteiger partial charge in [-0.15, -0.1) is 0 Å². The van der Waals surface area contributed by atoms with Crippen LogP contribution >= 0.6 is 0 Å². The first-order valence-electron chi connectivity index (χ1n) is 3.87. The smallest absolute Gasteiger partial charge is 0.326 e. The zero-order valence-corrected chi connectivity index (χ0v) is 10.1. The molecule has 1 aromatic carbocycles. The fraction of sp³-hybridized carbons (Fsp3) is 0.143. The molecule has 0 unspecified atom stereocenters. The van der Waals surface area contributed by atoms with Crippen LogP contribution in [0.3, 0.4) is 0 Å². The van der Waals surface area contributed by atoms with Crippen molar-refractivity contribution in [1.82, 2.24) is 0 Å². The molecule has 7 nitrogen and oxygen atoms in total. The van der Waals surface area contributed by atoms with E-state index in [4.69, 9.17) is 5.73 Å². The van der Waals surface area contributed by atoms with Crippen LogP contribution in [0.2, 0.25) is 0 Å². The van der Waals surface area contributed by atoms with Gasteiger partial charge in [0.25, 0.3) is 0 Å². The Kier molecular flexibility index (Phi) is 5.62. The number of nitro groups is 1. The summed E-state index contributed by atoms with van der Waals surface area (Å²) in [5, 5.41) is 8.71. The van der Waals surface area contributed by atoms with Gasteiger partial charge < -0.3 is 5.73 Å². The monoisotopic (exact) mass is 337 g/mol. The maximum absolute atomic E-state index is 11.2. The predicted molar refractivity (Wildman–Crippen MR) is 51.9 cm³/mol. The zero-order valence-electron chi connectivity index (χ0n) is 7.83. The van der Waals surface area contributed by atoms with Gasteiger partial charge in [0.2, 0.25) is 0 Å². The summed E-state index contributed by atoms with van der Waals surface area (Å²) in [4.78, 5) is 12.1. The number of rotatable bonds is 4. The summed E-state index contributed by atoms with van der Waals surface area (Å²) >= 11 is 0. The predicted octanol–water partition coefficient (Wildman–Crippen LogP) is 0.397. The second kappa shape index (κ2) is 5.97. The molecule has 0 bridgehead atoms. The number of hydrogen-bond acceptors (Lipinski definition) is 5. The first kappa shape index (κ1) is 15.1. The van der Waals surface area contributed by atoms with E-state index in [9.17, 15) is 18.5 Å². The quantitative estimate of drug-likeness (QED) is 0.484. The third-order valence-corrected chi connectivity index (χ3v) is 2.85. The summed E-state index contributed by atoms with van der Waals surface area (Å²) in [5.41, 5.74) is 6.04. The molecule has 0 aliphatic heterocycles. The van der Waals surface area contributed by atoms with Crippen LogP contribution < -0.4 is 5.73 Å². The number of benzene rings is 1. The molecule has 0 heterocycles. The zero-order chi connectivity index (χ0) is 11.5. The van der Waals surface area contributed by atoms with Gasteiger partial charge in [0.15, 0.2) is 10.0 Å². The average molecular weight is 338 g/mol. The average Bonchev–Trinajstić information content (AvgIpc) is 2.16. The van der Waals surface area contributed by atoms with E-state index >= 15 is 0 Å². The van der Waals surface area contributed by atoms with E-state index in [0.717, 1.165) is 5.56 Å². The van der Waals surface area contributed by atoms with Gasteiger partial charge in [0.05, 0.1) is 4.90 Å². The Balaban J connectivity index is 0.00000225. The normalized spacial score (nSPS) is 10.3. The first-order valence-corrected chi connectivity index (χ1v) is 5.31. The van der Waals surface area contributed by atoms with Crippen LogP contribution in [0.5, 0.6) is 0 Å². The van der Waals surface area contributed by atoms with Crippen LogP contribution in [-0.4, -0.2) is 13.5 Å². The summed E-state index contributed by atoms with van der Waals surface area (Å²) < 4.78 is 22.4. The van der Waals surface area contributed by atoms with Crippen LogP contribution in [0.25, 0.3) is 4.83 Å². The van der Waals surface area contributed by atoms with Crippen LogP contribution in [0.1, 0.15) is 5.56 Å². The molecule has 1 rings (SSSR count). The van der Waals surface area contributed by atoms with Gasteiger partial charge in [0, 0.05) is 6.54 Å². The molecule has 1 aromatic rings. The summed E-state index contributed by atoms with van der Waals surface area (Å²) in [6.07, 6.45) is 0. The molecule has 0 aliphatic rings. The summed E-state index contributed by atoms with van der Waals surface area (Å²) in [6.45, 7) is 0.271. The number of nitrogens with zero attached hydrogens (tertiary/aromatic N) is 2. The summed E-state index contributed by atoms with van der Waals surface area (Å²) in [5.74, 6) is 0.